The second-order valence-corrected chi connectivity index (χ2v) is 9.06. The van der Waals surface area contributed by atoms with E-state index in [1.807, 2.05) is 20.8 Å². The van der Waals surface area contributed by atoms with E-state index in [9.17, 15) is 29.1 Å². The summed E-state index contributed by atoms with van der Waals surface area (Å²) in [5.41, 5.74) is -0.214. The van der Waals surface area contributed by atoms with Gasteiger partial charge in [0.05, 0.1) is 17.2 Å². The molecule has 0 aromatic heterocycles. The van der Waals surface area contributed by atoms with Crippen LogP contribution in [0.5, 0.6) is 5.75 Å². The fourth-order valence-corrected chi connectivity index (χ4v) is 3.75. The second kappa shape index (κ2) is 13.5. The van der Waals surface area contributed by atoms with Crippen LogP contribution in [-0.2, 0) is 33.4 Å². The Morgan fingerprint density at radius 3 is 2.61 bits per heavy atom. The molecule has 11 nitrogen and oxygen atoms in total. The molecule has 1 aromatic rings. The standard InChI is InChI=1S/C25H34N2O9/c1-5-6-8-16-19(36-20(29)11-14(2)3)12-34-25(33)21(15(4)35-24(16)32)27-23(31)17-9-7-10-18(22(17)30)26-13-28/h7,9-10,13-16,19,21,30H,5-6,8,11-12H2,1-4H3,(H,26,28)(H,27,31). The van der Waals surface area contributed by atoms with E-state index in [2.05, 4.69) is 10.6 Å². The van der Waals surface area contributed by atoms with E-state index in [0.29, 0.717) is 19.3 Å². The van der Waals surface area contributed by atoms with Crippen molar-refractivity contribution in [1.82, 2.24) is 5.32 Å². The number of hydrogen-bond acceptors (Lipinski definition) is 9. The second-order valence-electron chi connectivity index (χ2n) is 9.06. The monoisotopic (exact) mass is 506 g/mol. The van der Waals surface area contributed by atoms with Crippen molar-refractivity contribution in [3.63, 3.8) is 0 Å². The summed E-state index contributed by atoms with van der Waals surface area (Å²) in [5.74, 6) is -4.25. The van der Waals surface area contributed by atoms with Gasteiger partial charge in [-0.3, -0.25) is 19.2 Å². The lowest BCUT2D eigenvalue weighted by molar-refractivity contribution is -0.168. The van der Waals surface area contributed by atoms with Gasteiger partial charge >= 0.3 is 17.9 Å². The number of carbonyl (C=O) groups excluding carboxylic acids is 5. The molecule has 1 aliphatic rings. The number of benzene rings is 1. The predicted octanol–water partition coefficient (Wildman–Crippen LogP) is 2.31. The summed E-state index contributed by atoms with van der Waals surface area (Å²) in [6.45, 7) is 6.70. The van der Waals surface area contributed by atoms with Crippen LogP contribution in [0.4, 0.5) is 5.69 Å². The number of nitrogens with one attached hydrogen (secondary N) is 2. The van der Waals surface area contributed by atoms with Crippen LogP contribution in [0.25, 0.3) is 0 Å². The van der Waals surface area contributed by atoms with Crippen LogP contribution in [0.15, 0.2) is 18.2 Å². The first-order chi connectivity index (χ1) is 17.1. The van der Waals surface area contributed by atoms with Gasteiger partial charge in [-0.15, -0.1) is 0 Å². The fraction of sp³-hybridized carbons (Fsp3) is 0.560. The summed E-state index contributed by atoms with van der Waals surface area (Å²) in [6.07, 6.45) is 0.124. The Kier molecular flexibility index (Phi) is 10.7. The van der Waals surface area contributed by atoms with Crippen molar-refractivity contribution in [2.24, 2.45) is 11.8 Å². The van der Waals surface area contributed by atoms with E-state index < -0.39 is 53.7 Å². The molecule has 2 amide bonds. The third-order valence-corrected chi connectivity index (χ3v) is 5.67. The molecule has 11 heteroatoms. The Bertz CT molecular complexity index is 963. The summed E-state index contributed by atoms with van der Waals surface area (Å²) < 4.78 is 16.4. The van der Waals surface area contributed by atoms with Gasteiger partial charge in [0.25, 0.3) is 5.91 Å². The molecule has 0 spiro atoms. The number of para-hydroxylation sites is 1. The highest BCUT2D eigenvalue weighted by molar-refractivity contribution is 6.01. The molecule has 4 atom stereocenters. The minimum absolute atomic E-state index is 0.000935. The highest BCUT2D eigenvalue weighted by atomic mass is 16.6. The third-order valence-electron chi connectivity index (χ3n) is 5.67. The lowest BCUT2D eigenvalue weighted by Crippen LogP contribution is -2.49. The van der Waals surface area contributed by atoms with Gasteiger partial charge in [0.15, 0.2) is 11.8 Å². The normalized spacial score (nSPS) is 22.4. The summed E-state index contributed by atoms with van der Waals surface area (Å²) in [5, 5.41) is 15.0. The maximum atomic E-state index is 13.1. The van der Waals surface area contributed by atoms with Gasteiger partial charge < -0.3 is 30.0 Å². The van der Waals surface area contributed by atoms with Crippen molar-refractivity contribution in [2.45, 2.75) is 71.6 Å². The number of anilines is 1. The molecule has 198 valence electrons. The van der Waals surface area contributed by atoms with Crippen LogP contribution in [0.1, 0.15) is 63.7 Å². The third kappa shape index (κ3) is 7.69. The predicted molar refractivity (Wildman–Crippen MR) is 128 cm³/mol. The average Bonchev–Trinajstić information content (AvgIpc) is 2.84. The highest BCUT2D eigenvalue weighted by Gasteiger charge is 2.40. The molecule has 0 bridgehead atoms. The molecular weight excluding hydrogens is 472 g/mol. The maximum absolute atomic E-state index is 13.1. The Balaban J connectivity index is 2.27. The van der Waals surface area contributed by atoms with E-state index in [4.69, 9.17) is 14.2 Å². The molecule has 0 saturated carbocycles. The Labute approximate surface area is 209 Å². The van der Waals surface area contributed by atoms with Gasteiger partial charge in [-0.25, -0.2) is 4.79 Å². The molecule has 36 heavy (non-hydrogen) atoms. The molecule has 0 aliphatic carbocycles. The van der Waals surface area contributed by atoms with Gasteiger partial charge in [0, 0.05) is 6.42 Å². The van der Waals surface area contributed by atoms with E-state index in [1.54, 1.807) is 0 Å². The molecule has 1 heterocycles. The first-order valence-electron chi connectivity index (χ1n) is 12.0. The van der Waals surface area contributed by atoms with Crippen molar-refractivity contribution in [3.8, 4) is 5.75 Å². The number of rotatable bonds is 10. The van der Waals surface area contributed by atoms with Crippen molar-refractivity contribution < 1.29 is 43.3 Å². The molecule has 3 N–H and O–H groups in total. The van der Waals surface area contributed by atoms with E-state index in [-0.39, 0.29) is 30.2 Å². The van der Waals surface area contributed by atoms with Gasteiger partial charge in [-0.2, -0.15) is 0 Å². The van der Waals surface area contributed by atoms with E-state index in [0.717, 1.165) is 6.42 Å². The summed E-state index contributed by atoms with van der Waals surface area (Å²) in [7, 11) is 0. The molecule has 0 radical (unpaired) electrons. The molecule has 1 aromatic carbocycles. The first-order valence-corrected chi connectivity index (χ1v) is 12.0. The number of esters is 3. The Hall–Kier alpha value is -3.63. The van der Waals surface area contributed by atoms with Crippen molar-refractivity contribution in [2.75, 3.05) is 11.9 Å². The number of aromatic hydroxyl groups is 1. The van der Waals surface area contributed by atoms with E-state index >= 15 is 0 Å². The fourth-order valence-electron chi connectivity index (χ4n) is 3.75. The van der Waals surface area contributed by atoms with Crippen molar-refractivity contribution >= 4 is 35.9 Å². The SMILES string of the molecule is CCCCC1C(=O)OC(C)C(NC(=O)c2cccc(NC=O)c2O)C(=O)OCC1OC(=O)CC(C)C. The maximum Gasteiger partial charge on any atom is 0.332 e. The Morgan fingerprint density at radius 1 is 1.25 bits per heavy atom. The number of hydrogen-bond donors (Lipinski definition) is 3. The van der Waals surface area contributed by atoms with Crippen LogP contribution in [0.3, 0.4) is 0 Å². The van der Waals surface area contributed by atoms with E-state index in [1.165, 1.54) is 25.1 Å². The van der Waals surface area contributed by atoms with Crippen molar-refractivity contribution in [3.05, 3.63) is 23.8 Å². The zero-order valence-corrected chi connectivity index (χ0v) is 20.9. The number of carbonyl (C=O) groups is 5. The molecule has 1 aliphatic heterocycles. The lowest BCUT2D eigenvalue weighted by Gasteiger charge is -2.25. The quantitative estimate of drug-likeness (QED) is 0.187. The zero-order chi connectivity index (χ0) is 26.8. The number of unbranched alkanes of at least 4 members (excludes halogenated alkanes) is 1. The minimum Gasteiger partial charge on any atom is -0.505 e. The van der Waals surface area contributed by atoms with Crippen LogP contribution in [-0.4, -0.2) is 60.2 Å². The molecule has 4 unspecified atom stereocenters. The zero-order valence-electron chi connectivity index (χ0n) is 20.9. The highest BCUT2D eigenvalue weighted by Crippen LogP contribution is 2.28. The Morgan fingerprint density at radius 2 is 1.97 bits per heavy atom. The topological polar surface area (TPSA) is 157 Å². The van der Waals surface area contributed by atoms with Gasteiger partial charge in [-0.05, 0) is 31.4 Å². The largest absolute Gasteiger partial charge is 0.505 e. The molecular formula is C25H34N2O9. The van der Waals surface area contributed by atoms with Crippen LogP contribution in [0.2, 0.25) is 0 Å². The average molecular weight is 507 g/mol. The minimum atomic E-state index is -1.40. The smallest absolute Gasteiger partial charge is 0.332 e. The van der Waals surface area contributed by atoms with Crippen LogP contribution < -0.4 is 10.6 Å². The molecule has 1 saturated heterocycles. The number of cyclic esters (lactones) is 2. The van der Waals surface area contributed by atoms with Crippen LogP contribution >= 0.6 is 0 Å². The first kappa shape index (κ1) is 28.6. The number of phenols is 1. The summed E-state index contributed by atoms with van der Waals surface area (Å²) in [4.78, 5) is 61.9. The summed E-state index contributed by atoms with van der Waals surface area (Å²) in [6, 6.07) is 2.71. The van der Waals surface area contributed by atoms with Gasteiger partial charge in [0.2, 0.25) is 6.41 Å². The van der Waals surface area contributed by atoms with Crippen LogP contribution in [0, 0.1) is 11.8 Å². The number of ether oxygens (including phenoxy) is 3. The number of amides is 2. The lowest BCUT2D eigenvalue weighted by atomic mass is 9.96. The molecule has 1 fully saturated rings. The van der Waals surface area contributed by atoms with Crippen molar-refractivity contribution in [1.29, 1.82) is 0 Å². The van der Waals surface area contributed by atoms with Gasteiger partial charge in [-0.1, -0.05) is 39.7 Å². The molecule has 2 rings (SSSR count). The summed E-state index contributed by atoms with van der Waals surface area (Å²) >= 11 is 0. The number of phenolic OH excluding ortho intramolecular Hbond substituents is 1. The van der Waals surface area contributed by atoms with Gasteiger partial charge in [0.1, 0.15) is 18.8 Å².